The summed E-state index contributed by atoms with van der Waals surface area (Å²) in [5.41, 5.74) is 2.73. The van der Waals surface area contributed by atoms with Crippen LogP contribution in [0.2, 0.25) is 0 Å². The number of hydrogen-bond donors (Lipinski definition) is 2. The summed E-state index contributed by atoms with van der Waals surface area (Å²) in [4.78, 5) is 30.4. The number of likely N-dealkylation sites (tertiary alicyclic amines) is 1. The zero-order valence-corrected chi connectivity index (χ0v) is 16.8. The first kappa shape index (κ1) is 17.7. The molecule has 2 fully saturated rings. The molecule has 0 atom stereocenters. The summed E-state index contributed by atoms with van der Waals surface area (Å²) >= 11 is 3.57. The maximum Gasteiger partial charge on any atom is 0.404 e. The molecule has 2 aliphatic rings. The second-order valence-corrected chi connectivity index (χ2v) is 8.46. The van der Waals surface area contributed by atoms with Gasteiger partial charge in [0.15, 0.2) is 11.1 Å². The molecule has 1 amide bonds. The summed E-state index contributed by atoms with van der Waals surface area (Å²) in [5.74, 6) is 0.483. The summed E-state index contributed by atoms with van der Waals surface area (Å²) in [7, 11) is 0. The van der Waals surface area contributed by atoms with Gasteiger partial charge in [0.25, 0.3) is 5.56 Å². The second-order valence-electron chi connectivity index (χ2n) is 7.60. The monoisotopic (exact) mass is 446 g/mol. The van der Waals surface area contributed by atoms with Crippen LogP contribution in [0, 0.1) is 6.92 Å². The van der Waals surface area contributed by atoms with E-state index in [0.717, 1.165) is 33.8 Å². The van der Waals surface area contributed by atoms with Gasteiger partial charge in [0, 0.05) is 29.0 Å². The van der Waals surface area contributed by atoms with Crippen molar-refractivity contribution in [2.75, 3.05) is 13.1 Å². The second kappa shape index (κ2) is 6.31. The molecular formula is C19H19BrN4O4. The lowest BCUT2D eigenvalue weighted by atomic mass is 10.1. The number of fused-ring (bicyclic) bond motifs is 3. The summed E-state index contributed by atoms with van der Waals surface area (Å²) in [6, 6.07) is 4.09. The molecule has 1 aliphatic heterocycles. The van der Waals surface area contributed by atoms with Crippen LogP contribution < -0.4 is 10.9 Å². The third-order valence-corrected chi connectivity index (χ3v) is 6.36. The number of halogens is 1. The Balaban J connectivity index is 1.56. The van der Waals surface area contributed by atoms with E-state index in [1.807, 2.05) is 28.5 Å². The minimum absolute atomic E-state index is 0.0743. The fraction of sp³-hybridized carbons (Fsp3) is 0.421. The van der Waals surface area contributed by atoms with Crippen molar-refractivity contribution in [3.8, 4) is 0 Å². The van der Waals surface area contributed by atoms with E-state index >= 15 is 0 Å². The molecule has 1 saturated heterocycles. The average Bonchev–Trinajstić information content (AvgIpc) is 3.35. The fourth-order valence-electron chi connectivity index (χ4n) is 3.98. The number of rotatable bonds is 4. The highest BCUT2D eigenvalue weighted by atomic mass is 79.9. The molecule has 28 heavy (non-hydrogen) atoms. The quantitative estimate of drug-likeness (QED) is 0.638. The zero-order valence-electron chi connectivity index (χ0n) is 15.2. The van der Waals surface area contributed by atoms with E-state index in [0.29, 0.717) is 36.6 Å². The topological polar surface area (TPSA) is 101 Å². The van der Waals surface area contributed by atoms with Crippen LogP contribution in [0.15, 0.2) is 25.8 Å². The van der Waals surface area contributed by atoms with Gasteiger partial charge < -0.3 is 19.4 Å². The number of hydrogen-bond acceptors (Lipinski definition) is 5. The van der Waals surface area contributed by atoms with E-state index in [9.17, 15) is 9.59 Å². The third-order valence-electron chi connectivity index (χ3n) is 5.50. The molecule has 9 heteroatoms. The van der Waals surface area contributed by atoms with Crippen LogP contribution in [0.3, 0.4) is 0 Å². The lowest BCUT2D eigenvalue weighted by molar-refractivity contribution is 0.103. The Bertz CT molecular complexity index is 1170. The van der Waals surface area contributed by atoms with Crippen molar-refractivity contribution in [3.63, 3.8) is 0 Å². The molecule has 146 valence electrons. The molecule has 2 aromatic heterocycles. The molecule has 3 aromatic rings. The minimum Gasteiger partial charge on any atom is -0.465 e. The van der Waals surface area contributed by atoms with Gasteiger partial charge in [0.1, 0.15) is 0 Å². The van der Waals surface area contributed by atoms with Crippen LogP contribution in [-0.2, 0) is 6.54 Å². The van der Waals surface area contributed by atoms with Crippen molar-refractivity contribution in [3.05, 3.63) is 38.4 Å². The van der Waals surface area contributed by atoms with Gasteiger partial charge in [-0.1, -0.05) is 15.9 Å². The summed E-state index contributed by atoms with van der Waals surface area (Å²) in [5, 5.41) is 12.1. The van der Waals surface area contributed by atoms with Gasteiger partial charge in [-0.3, -0.25) is 9.69 Å². The van der Waals surface area contributed by atoms with Gasteiger partial charge in [-0.25, -0.2) is 9.78 Å². The van der Waals surface area contributed by atoms with Crippen molar-refractivity contribution in [1.29, 1.82) is 0 Å². The van der Waals surface area contributed by atoms with E-state index in [1.54, 1.807) is 0 Å². The van der Waals surface area contributed by atoms with Gasteiger partial charge in [0.05, 0.1) is 18.1 Å². The van der Waals surface area contributed by atoms with Gasteiger partial charge in [0.2, 0.25) is 5.89 Å². The van der Waals surface area contributed by atoms with Crippen molar-refractivity contribution >= 4 is 44.0 Å². The number of nitrogens with zero attached hydrogens (tertiary/aromatic N) is 3. The smallest absolute Gasteiger partial charge is 0.404 e. The number of carboxylic acid groups (broad SMARTS) is 1. The lowest BCUT2D eigenvalue weighted by Gasteiger charge is -2.37. The standard InChI is InChI=1S/C19H19BrN4O4/c1-9-13(20)5-4-12-16(9)24(11-2-3-11)18(25)15-17(12)28-14(22-15)8-23-6-10(7-23)21-19(26)27/h4-5,10-11,21H,2-3,6-8H2,1H3,(H,26,27). The van der Waals surface area contributed by atoms with Crippen molar-refractivity contribution in [2.24, 2.45) is 0 Å². The van der Waals surface area contributed by atoms with E-state index < -0.39 is 6.09 Å². The Morgan fingerprint density at radius 1 is 1.39 bits per heavy atom. The summed E-state index contributed by atoms with van der Waals surface area (Å²) in [6.45, 7) is 3.66. The van der Waals surface area contributed by atoms with Crippen LogP contribution in [0.5, 0.6) is 0 Å². The largest absolute Gasteiger partial charge is 0.465 e. The highest BCUT2D eigenvalue weighted by Gasteiger charge is 2.32. The van der Waals surface area contributed by atoms with Crippen LogP contribution >= 0.6 is 15.9 Å². The average molecular weight is 447 g/mol. The van der Waals surface area contributed by atoms with Crippen LogP contribution in [0.1, 0.15) is 30.3 Å². The van der Waals surface area contributed by atoms with Crippen molar-refractivity contribution < 1.29 is 14.3 Å². The van der Waals surface area contributed by atoms with E-state index in [1.165, 1.54) is 0 Å². The molecule has 0 radical (unpaired) electrons. The Hall–Kier alpha value is -2.39. The van der Waals surface area contributed by atoms with Gasteiger partial charge in [-0.05, 0) is 37.5 Å². The molecule has 1 aromatic carbocycles. The van der Waals surface area contributed by atoms with E-state index in [-0.39, 0.29) is 17.6 Å². The number of aromatic nitrogens is 2. The Labute approximate surface area is 168 Å². The molecule has 0 spiro atoms. The lowest BCUT2D eigenvalue weighted by Crippen LogP contribution is -2.58. The summed E-state index contributed by atoms with van der Waals surface area (Å²) in [6.07, 6.45) is 0.992. The molecule has 1 aliphatic carbocycles. The maximum atomic E-state index is 13.2. The van der Waals surface area contributed by atoms with Gasteiger partial charge in [-0.15, -0.1) is 0 Å². The molecule has 3 heterocycles. The van der Waals surface area contributed by atoms with Crippen LogP contribution in [-0.4, -0.2) is 44.8 Å². The molecule has 1 saturated carbocycles. The first-order chi connectivity index (χ1) is 13.4. The Morgan fingerprint density at radius 3 is 2.82 bits per heavy atom. The van der Waals surface area contributed by atoms with E-state index in [4.69, 9.17) is 9.52 Å². The molecule has 5 rings (SSSR count). The third kappa shape index (κ3) is 2.80. The maximum absolute atomic E-state index is 13.2. The normalized spacial score (nSPS) is 17.9. The number of benzene rings is 1. The molecular weight excluding hydrogens is 428 g/mol. The molecule has 8 nitrogen and oxygen atoms in total. The number of oxazole rings is 1. The Morgan fingerprint density at radius 2 is 2.14 bits per heavy atom. The summed E-state index contributed by atoms with van der Waals surface area (Å²) < 4.78 is 8.86. The first-order valence-electron chi connectivity index (χ1n) is 9.27. The molecule has 0 unspecified atom stereocenters. The Kier molecular flexibility index (Phi) is 3.99. The number of amides is 1. The molecule has 0 bridgehead atoms. The van der Waals surface area contributed by atoms with Crippen LogP contribution in [0.4, 0.5) is 4.79 Å². The van der Waals surface area contributed by atoms with E-state index in [2.05, 4.69) is 26.2 Å². The highest BCUT2D eigenvalue weighted by Crippen LogP contribution is 2.39. The predicted octanol–water partition coefficient (Wildman–Crippen LogP) is 3.00. The van der Waals surface area contributed by atoms with Crippen molar-refractivity contribution in [1.82, 2.24) is 19.8 Å². The van der Waals surface area contributed by atoms with Crippen molar-refractivity contribution in [2.45, 2.75) is 38.4 Å². The van der Waals surface area contributed by atoms with Crippen LogP contribution in [0.25, 0.3) is 22.0 Å². The number of nitrogens with one attached hydrogen (secondary N) is 1. The first-order valence-corrected chi connectivity index (χ1v) is 10.1. The number of carbonyl (C=O) groups is 1. The predicted molar refractivity (Wildman–Crippen MR) is 107 cm³/mol. The fourth-order valence-corrected chi connectivity index (χ4v) is 4.30. The van der Waals surface area contributed by atoms with Gasteiger partial charge >= 0.3 is 6.09 Å². The number of aryl methyl sites for hydroxylation is 1. The zero-order chi connectivity index (χ0) is 19.6. The minimum atomic E-state index is -1.01. The molecule has 2 N–H and O–H groups in total. The highest BCUT2D eigenvalue weighted by molar-refractivity contribution is 9.10. The number of pyridine rings is 1. The SMILES string of the molecule is Cc1c(Br)ccc2c3oc(CN4CC(NC(=O)O)C4)nc3c(=O)n(C3CC3)c12. The van der Waals surface area contributed by atoms with Gasteiger partial charge in [-0.2, -0.15) is 0 Å².